The van der Waals surface area contributed by atoms with Crippen LogP contribution in [0.15, 0.2) is 77.8 Å². The molecule has 1 aliphatic rings. The van der Waals surface area contributed by atoms with E-state index >= 15 is 0 Å². The quantitative estimate of drug-likeness (QED) is 0.212. The zero-order valence-electron chi connectivity index (χ0n) is 21.0. The Balaban J connectivity index is 0.00000380. The fourth-order valence-electron chi connectivity index (χ4n) is 5.06. The molecular formula is C30H34ClN3O3. The molecule has 0 bridgehead atoms. The van der Waals surface area contributed by atoms with Crippen LogP contribution in [0.3, 0.4) is 0 Å². The number of hydrogen-bond acceptors (Lipinski definition) is 3. The summed E-state index contributed by atoms with van der Waals surface area (Å²) in [4.78, 5) is 28.5. The highest BCUT2D eigenvalue weighted by atomic mass is 35.5. The van der Waals surface area contributed by atoms with Gasteiger partial charge in [-0.25, -0.2) is 0 Å². The van der Waals surface area contributed by atoms with Gasteiger partial charge < -0.3 is 16.6 Å². The molecule has 0 heterocycles. The summed E-state index contributed by atoms with van der Waals surface area (Å²) in [5.41, 5.74) is 17.0. The smallest absolute Gasteiger partial charge is 0.306 e. The van der Waals surface area contributed by atoms with Crippen LogP contribution in [-0.2, 0) is 16.6 Å². The van der Waals surface area contributed by atoms with Crippen molar-refractivity contribution in [1.82, 2.24) is 0 Å². The van der Waals surface area contributed by atoms with E-state index < -0.39 is 5.97 Å². The van der Waals surface area contributed by atoms with Gasteiger partial charge in [-0.05, 0) is 54.9 Å². The van der Waals surface area contributed by atoms with Crippen molar-refractivity contribution < 1.29 is 14.7 Å². The molecular weight excluding hydrogens is 486 g/mol. The summed E-state index contributed by atoms with van der Waals surface area (Å²) in [6, 6.07) is 24.1. The summed E-state index contributed by atoms with van der Waals surface area (Å²) in [5.74, 6) is -0.909. The molecule has 1 aliphatic carbocycles. The van der Waals surface area contributed by atoms with Crippen LogP contribution >= 0.6 is 12.4 Å². The van der Waals surface area contributed by atoms with Gasteiger partial charge in [0, 0.05) is 17.4 Å². The van der Waals surface area contributed by atoms with E-state index in [0.717, 1.165) is 35.1 Å². The Morgan fingerprint density at radius 1 is 0.892 bits per heavy atom. The molecule has 0 saturated heterocycles. The van der Waals surface area contributed by atoms with Crippen molar-refractivity contribution >= 4 is 30.1 Å². The fraction of sp³-hybridized carbons (Fsp3) is 0.300. The van der Waals surface area contributed by atoms with Gasteiger partial charge >= 0.3 is 5.97 Å². The molecule has 0 amide bonds. The Labute approximate surface area is 224 Å². The van der Waals surface area contributed by atoms with Gasteiger partial charge in [-0.2, -0.15) is 0 Å². The van der Waals surface area contributed by atoms with E-state index in [4.69, 9.17) is 11.5 Å². The highest BCUT2D eigenvalue weighted by Gasteiger charge is 2.38. The van der Waals surface area contributed by atoms with Gasteiger partial charge in [0.15, 0.2) is 11.7 Å². The summed E-state index contributed by atoms with van der Waals surface area (Å²) in [5, 5.41) is 9.41. The highest BCUT2D eigenvalue weighted by Crippen LogP contribution is 2.42. The van der Waals surface area contributed by atoms with E-state index in [0.29, 0.717) is 31.4 Å². The number of carbonyl (C=O) groups is 2. The maximum atomic E-state index is 12.7. The molecule has 1 fully saturated rings. The summed E-state index contributed by atoms with van der Waals surface area (Å²) in [7, 11) is 0. The van der Waals surface area contributed by atoms with Crippen molar-refractivity contribution in [2.45, 2.75) is 44.4 Å². The summed E-state index contributed by atoms with van der Waals surface area (Å²) < 4.78 is 0. The molecule has 0 aromatic heterocycles. The molecule has 0 unspecified atom stereocenters. The molecule has 3 aromatic rings. The van der Waals surface area contributed by atoms with Gasteiger partial charge in [0.2, 0.25) is 0 Å². The van der Waals surface area contributed by atoms with Crippen LogP contribution in [0.4, 0.5) is 0 Å². The van der Waals surface area contributed by atoms with Crippen molar-refractivity contribution in [1.29, 1.82) is 0 Å². The molecule has 7 heteroatoms. The minimum Gasteiger partial charge on any atom is -0.481 e. The molecule has 37 heavy (non-hydrogen) atoms. The topological polar surface area (TPSA) is 119 Å². The number of hydrogen-bond donors (Lipinski definition) is 3. The number of aryl methyl sites for hydroxylation is 1. The third-order valence-corrected chi connectivity index (χ3v) is 7.38. The summed E-state index contributed by atoms with van der Waals surface area (Å²) in [6.07, 6.45) is 3.04. The van der Waals surface area contributed by atoms with Crippen LogP contribution in [0.2, 0.25) is 0 Å². The minimum absolute atomic E-state index is 0. The molecule has 0 aliphatic heterocycles. The second-order valence-electron chi connectivity index (χ2n) is 9.87. The fourth-order valence-corrected chi connectivity index (χ4v) is 5.06. The van der Waals surface area contributed by atoms with E-state index in [1.54, 1.807) is 0 Å². The van der Waals surface area contributed by atoms with Crippen LogP contribution in [0.25, 0.3) is 11.1 Å². The first-order chi connectivity index (χ1) is 17.3. The average Bonchev–Trinajstić information content (AvgIpc) is 2.89. The average molecular weight is 520 g/mol. The zero-order valence-corrected chi connectivity index (χ0v) is 21.8. The Morgan fingerprint density at radius 2 is 1.43 bits per heavy atom. The first-order valence-corrected chi connectivity index (χ1v) is 12.3. The van der Waals surface area contributed by atoms with E-state index in [1.165, 1.54) is 5.56 Å². The van der Waals surface area contributed by atoms with Crippen molar-refractivity contribution in [3.8, 4) is 11.1 Å². The number of ketones is 1. The van der Waals surface area contributed by atoms with E-state index in [1.807, 2.05) is 55.5 Å². The number of nitrogens with two attached hydrogens (primary N) is 2. The standard InChI is InChI=1S/C30H33N3O3.ClH/c1-20-2-4-21(5-3-20)18-27(34)24-8-6-22(7-9-24)23-10-12-26(13-11-23)30(19-33-29(31)32)16-14-25(15-17-30)28(35)36;/h2-13,25H,14-19H2,1H3,(H,35,36)(H4,31,32,33);1H. The molecule has 3 aromatic carbocycles. The monoisotopic (exact) mass is 519 g/mol. The number of nitrogens with zero attached hydrogens (tertiary/aromatic N) is 1. The highest BCUT2D eigenvalue weighted by molar-refractivity contribution is 5.97. The lowest BCUT2D eigenvalue weighted by Crippen LogP contribution is -2.38. The molecule has 0 radical (unpaired) electrons. The number of halogens is 1. The van der Waals surface area contributed by atoms with Crippen molar-refractivity contribution in [2.24, 2.45) is 22.4 Å². The van der Waals surface area contributed by atoms with Crippen LogP contribution in [0.5, 0.6) is 0 Å². The number of aliphatic carboxylic acids is 1. The van der Waals surface area contributed by atoms with Gasteiger partial charge in [0.25, 0.3) is 0 Å². The number of benzene rings is 3. The third kappa shape index (κ3) is 6.77. The molecule has 4 rings (SSSR count). The largest absolute Gasteiger partial charge is 0.481 e. The van der Waals surface area contributed by atoms with Crippen molar-refractivity contribution in [2.75, 3.05) is 6.54 Å². The lowest BCUT2D eigenvalue weighted by Gasteiger charge is -2.38. The summed E-state index contributed by atoms with van der Waals surface area (Å²) in [6.45, 7) is 2.48. The Hall–Kier alpha value is -3.64. The number of carbonyl (C=O) groups excluding carboxylic acids is 1. The summed E-state index contributed by atoms with van der Waals surface area (Å²) >= 11 is 0. The Bertz CT molecular complexity index is 1240. The zero-order chi connectivity index (χ0) is 25.7. The number of guanidine groups is 1. The molecule has 194 valence electrons. The van der Waals surface area contributed by atoms with E-state index in [-0.39, 0.29) is 35.5 Å². The molecule has 1 saturated carbocycles. The van der Waals surface area contributed by atoms with E-state index in [2.05, 4.69) is 29.3 Å². The predicted octanol–water partition coefficient (Wildman–Crippen LogP) is 5.30. The lowest BCUT2D eigenvalue weighted by molar-refractivity contribution is -0.143. The third-order valence-electron chi connectivity index (χ3n) is 7.38. The van der Waals surface area contributed by atoms with Crippen LogP contribution < -0.4 is 11.5 Å². The second-order valence-corrected chi connectivity index (χ2v) is 9.87. The molecule has 0 atom stereocenters. The van der Waals surface area contributed by atoms with Gasteiger partial charge in [-0.3, -0.25) is 14.6 Å². The maximum Gasteiger partial charge on any atom is 0.306 e. The normalized spacial score (nSPS) is 18.9. The van der Waals surface area contributed by atoms with Crippen LogP contribution in [0, 0.1) is 12.8 Å². The number of rotatable bonds is 8. The van der Waals surface area contributed by atoms with Crippen molar-refractivity contribution in [3.63, 3.8) is 0 Å². The van der Waals surface area contributed by atoms with Gasteiger partial charge in [-0.1, -0.05) is 78.4 Å². The van der Waals surface area contributed by atoms with Gasteiger partial charge in [0.05, 0.1) is 12.5 Å². The Morgan fingerprint density at radius 3 is 1.95 bits per heavy atom. The van der Waals surface area contributed by atoms with Gasteiger partial charge in [-0.15, -0.1) is 12.4 Å². The second kappa shape index (κ2) is 12.1. The first-order valence-electron chi connectivity index (χ1n) is 12.3. The van der Waals surface area contributed by atoms with Crippen molar-refractivity contribution in [3.05, 3.63) is 95.1 Å². The van der Waals surface area contributed by atoms with Gasteiger partial charge in [0.1, 0.15) is 0 Å². The van der Waals surface area contributed by atoms with Crippen LogP contribution in [0.1, 0.15) is 52.7 Å². The molecule has 0 spiro atoms. The van der Waals surface area contributed by atoms with Crippen LogP contribution in [-0.4, -0.2) is 29.4 Å². The first kappa shape index (κ1) is 27.9. The predicted molar refractivity (Wildman–Crippen MR) is 150 cm³/mol. The lowest BCUT2D eigenvalue weighted by atomic mass is 9.66. The number of aliphatic imine (C=N–C) groups is 1. The molecule has 5 N–H and O–H groups in total. The Kier molecular flexibility index (Phi) is 9.11. The molecule has 6 nitrogen and oxygen atoms in total. The number of Topliss-reactive ketones (excluding diaryl/α,β-unsaturated/α-hetero) is 1. The SMILES string of the molecule is Cc1ccc(CC(=O)c2ccc(-c3ccc(C4(CN=C(N)N)CCC(C(=O)O)CC4)cc3)cc2)cc1.Cl. The maximum absolute atomic E-state index is 12.7. The minimum atomic E-state index is -0.735. The number of carboxylic acid groups (broad SMARTS) is 1. The van der Waals surface area contributed by atoms with E-state index in [9.17, 15) is 14.7 Å². The number of carboxylic acids is 1.